The van der Waals surface area contributed by atoms with Crippen LogP contribution in [-0.2, 0) is 4.74 Å². The van der Waals surface area contributed by atoms with Crippen LogP contribution in [0.1, 0.15) is 18.9 Å². The molecule has 0 amide bonds. The van der Waals surface area contributed by atoms with Crippen molar-refractivity contribution in [2.45, 2.75) is 25.5 Å². The first kappa shape index (κ1) is 11.9. The Morgan fingerprint density at radius 1 is 1.42 bits per heavy atom. The molecule has 0 spiro atoms. The quantitative estimate of drug-likeness (QED) is 0.894. The molecule has 1 aliphatic heterocycles. The van der Waals surface area contributed by atoms with Crippen molar-refractivity contribution in [1.82, 2.24) is 4.98 Å². The molecule has 19 heavy (non-hydrogen) atoms. The van der Waals surface area contributed by atoms with Gasteiger partial charge in [0.05, 0.1) is 28.9 Å². The number of nitriles is 1. The Hall–Kier alpha value is -2.12. The van der Waals surface area contributed by atoms with Gasteiger partial charge in [-0.15, -0.1) is 0 Å². The average molecular weight is 253 g/mol. The van der Waals surface area contributed by atoms with Crippen LogP contribution in [0.4, 0.5) is 5.69 Å². The Kier molecular flexibility index (Phi) is 3.06. The van der Waals surface area contributed by atoms with Crippen molar-refractivity contribution in [3.63, 3.8) is 0 Å². The van der Waals surface area contributed by atoms with Crippen molar-refractivity contribution in [1.29, 1.82) is 5.26 Å². The number of nitrogens with zero attached hydrogens (tertiary/aromatic N) is 2. The minimum atomic E-state index is 0.165. The molecule has 1 aromatic carbocycles. The van der Waals surface area contributed by atoms with Crippen LogP contribution in [-0.4, -0.2) is 23.7 Å². The van der Waals surface area contributed by atoms with Crippen molar-refractivity contribution in [2.75, 3.05) is 11.9 Å². The van der Waals surface area contributed by atoms with E-state index in [1.807, 2.05) is 24.3 Å². The number of nitrogens with one attached hydrogen (secondary N) is 1. The maximum atomic E-state index is 9.26. The summed E-state index contributed by atoms with van der Waals surface area (Å²) in [6.45, 7) is 2.82. The van der Waals surface area contributed by atoms with E-state index in [4.69, 9.17) is 4.74 Å². The lowest BCUT2D eigenvalue weighted by atomic mass is 10.1. The van der Waals surface area contributed by atoms with Crippen LogP contribution in [0.5, 0.6) is 0 Å². The predicted molar refractivity (Wildman–Crippen MR) is 73.9 cm³/mol. The zero-order valence-electron chi connectivity index (χ0n) is 10.8. The molecule has 96 valence electrons. The molecule has 0 radical (unpaired) electrons. The second-order valence-corrected chi connectivity index (χ2v) is 4.79. The molecular weight excluding hydrogens is 238 g/mol. The molecule has 1 fully saturated rings. The Morgan fingerprint density at radius 3 is 3.00 bits per heavy atom. The Bertz CT molecular complexity index is 647. The number of aromatic nitrogens is 1. The summed E-state index contributed by atoms with van der Waals surface area (Å²) < 4.78 is 5.56. The summed E-state index contributed by atoms with van der Waals surface area (Å²) >= 11 is 0. The van der Waals surface area contributed by atoms with Gasteiger partial charge < -0.3 is 10.1 Å². The molecular formula is C15H15N3O. The van der Waals surface area contributed by atoms with E-state index in [1.165, 1.54) is 0 Å². The lowest BCUT2D eigenvalue weighted by Crippen LogP contribution is -2.27. The Labute approximate surface area is 112 Å². The first-order valence-corrected chi connectivity index (χ1v) is 6.45. The van der Waals surface area contributed by atoms with Gasteiger partial charge in [-0.05, 0) is 19.4 Å². The fourth-order valence-corrected chi connectivity index (χ4v) is 2.49. The molecule has 2 heterocycles. The van der Waals surface area contributed by atoms with Crippen molar-refractivity contribution in [3.05, 3.63) is 36.0 Å². The highest BCUT2D eigenvalue weighted by Crippen LogP contribution is 2.28. The van der Waals surface area contributed by atoms with Gasteiger partial charge >= 0.3 is 0 Å². The van der Waals surface area contributed by atoms with Crippen LogP contribution in [0, 0.1) is 11.3 Å². The third kappa shape index (κ3) is 2.13. The highest BCUT2D eigenvalue weighted by atomic mass is 16.5. The number of para-hydroxylation sites is 1. The molecule has 3 rings (SSSR count). The zero-order valence-corrected chi connectivity index (χ0v) is 10.8. The van der Waals surface area contributed by atoms with Gasteiger partial charge in [0.2, 0.25) is 0 Å². The van der Waals surface area contributed by atoms with Crippen LogP contribution in [0.2, 0.25) is 0 Å². The van der Waals surface area contributed by atoms with Gasteiger partial charge in [0.25, 0.3) is 0 Å². The van der Waals surface area contributed by atoms with Gasteiger partial charge in [0.15, 0.2) is 0 Å². The van der Waals surface area contributed by atoms with Crippen molar-refractivity contribution < 1.29 is 4.74 Å². The highest BCUT2D eigenvalue weighted by molar-refractivity contribution is 5.94. The van der Waals surface area contributed by atoms with E-state index in [1.54, 1.807) is 6.20 Å². The van der Waals surface area contributed by atoms with E-state index in [2.05, 4.69) is 23.3 Å². The number of hydrogen-bond acceptors (Lipinski definition) is 4. The van der Waals surface area contributed by atoms with Crippen LogP contribution in [0.25, 0.3) is 10.9 Å². The van der Waals surface area contributed by atoms with Gasteiger partial charge in [-0.2, -0.15) is 5.26 Å². The molecule has 0 aliphatic carbocycles. The topological polar surface area (TPSA) is 57.9 Å². The third-order valence-electron chi connectivity index (χ3n) is 3.60. The fourth-order valence-electron chi connectivity index (χ4n) is 2.49. The summed E-state index contributed by atoms with van der Waals surface area (Å²) in [4.78, 5) is 4.31. The predicted octanol–water partition coefficient (Wildman–Crippen LogP) is 2.70. The summed E-state index contributed by atoms with van der Waals surface area (Å²) in [7, 11) is 0. The second-order valence-electron chi connectivity index (χ2n) is 4.79. The average Bonchev–Trinajstić information content (AvgIpc) is 2.85. The Morgan fingerprint density at radius 2 is 2.26 bits per heavy atom. The van der Waals surface area contributed by atoms with Crippen LogP contribution < -0.4 is 5.32 Å². The molecule has 2 atom stereocenters. The number of ether oxygens (including phenoxy) is 1. The molecule has 2 aromatic rings. The maximum Gasteiger partial charge on any atom is 0.103 e. The van der Waals surface area contributed by atoms with E-state index in [0.717, 1.165) is 29.6 Å². The van der Waals surface area contributed by atoms with E-state index < -0.39 is 0 Å². The van der Waals surface area contributed by atoms with Gasteiger partial charge in [0.1, 0.15) is 6.07 Å². The van der Waals surface area contributed by atoms with Gasteiger partial charge in [-0.1, -0.05) is 18.2 Å². The number of fused-ring (bicyclic) bond motifs is 1. The second kappa shape index (κ2) is 4.87. The van der Waals surface area contributed by atoms with Crippen LogP contribution in [0.15, 0.2) is 30.5 Å². The molecule has 1 N–H and O–H groups in total. The summed E-state index contributed by atoms with van der Waals surface area (Å²) in [5.74, 6) is 0. The number of benzene rings is 1. The summed E-state index contributed by atoms with van der Waals surface area (Å²) in [6, 6.07) is 10.3. The Balaban J connectivity index is 2.07. The number of hydrogen-bond donors (Lipinski definition) is 1. The molecule has 4 nitrogen and oxygen atoms in total. The largest absolute Gasteiger partial charge is 0.378 e. The van der Waals surface area contributed by atoms with Crippen LogP contribution in [0.3, 0.4) is 0 Å². The zero-order chi connectivity index (χ0) is 13.2. The minimum Gasteiger partial charge on any atom is -0.378 e. The maximum absolute atomic E-state index is 9.26. The molecule has 0 saturated carbocycles. The monoisotopic (exact) mass is 253 g/mol. The molecule has 1 aliphatic rings. The van der Waals surface area contributed by atoms with Gasteiger partial charge in [-0.3, -0.25) is 4.98 Å². The lowest BCUT2D eigenvalue weighted by molar-refractivity contribution is 0.121. The van der Waals surface area contributed by atoms with Crippen molar-refractivity contribution in [3.8, 4) is 6.07 Å². The summed E-state index contributed by atoms with van der Waals surface area (Å²) in [5, 5.41) is 13.7. The number of rotatable bonds is 2. The number of anilines is 1. The smallest absolute Gasteiger partial charge is 0.103 e. The van der Waals surface area contributed by atoms with E-state index in [9.17, 15) is 5.26 Å². The van der Waals surface area contributed by atoms with Crippen molar-refractivity contribution >= 4 is 16.6 Å². The first-order chi connectivity index (χ1) is 9.29. The SMILES string of the molecule is CC1OCCC1Nc1c(C#N)cnc2ccccc12. The van der Waals surface area contributed by atoms with E-state index >= 15 is 0 Å². The molecule has 2 unspecified atom stereocenters. The van der Waals surface area contributed by atoms with Crippen LogP contribution >= 0.6 is 0 Å². The van der Waals surface area contributed by atoms with E-state index in [-0.39, 0.29) is 12.1 Å². The highest BCUT2D eigenvalue weighted by Gasteiger charge is 2.25. The lowest BCUT2D eigenvalue weighted by Gasteiger charge is -2.19. The van der Waals surface area contributed by atoms with Crippen molar-refractivity contribution in [2.24, 2.45) is 0 Å². The summed E-state index contributed by atoms with van der Waals surface area (Å²) in [5.41, 5.74) is 2.35. The minimum absolute atomic E-state index is 0.165. The standard InChI is InChI=1S/C15H15N3O/c1-10-13(6-7-19-10)18-15-11(8-16)9-17-14-5-3-2-4-12(14)15/h2-5,9-10,13H,6-7H2,1H3,(H,17,18). The fraction of sp³-hybridized carbons (Fsp3) is 0.333. The van der Waals surface area contributed by atoms with Gasteiger partial charge in [-0.25, -0.2) is 0 Å². The third-order valence-corrected chi connectivity index (χ3v) is 3.60. The number of pyridine rings is 1. The van der Waals surface area contributed by atoms with Gasteiger partial charge in [0, 0.05) is 18.2 Å². The molecule has 1 saturated heterocycles. The molecule has 0 bridgehead atoms. The summed E-state index contributed by atoms with van der Waals surface area (Å²) in [6.07, 6.45) is 2.76. The van der Waals surface area contributed by atoms with E-state index in [0.29, 0.717) is 5.56 Å². The normalized spacial score (nSPS) is 22.3. The first-order valence-electron chi connectivity index (χ1n) is 6.45. The molecule has 1 aromatic heterocycles. The molecule has 4 heteroatoms.